The van der Waals surface area contributed by atoms with Gasteiger partial charge in [0.25, 0.3) is 5.60 Å². The van der Waals surface area contributed by atoms with Crippen LogP contribution in [0.25, 0.3) is 0 Å². The fourth-order valence-corrected chi connectivity index (χ4v) is 7.23. The number of ketones is 1. The van der Waals surface area contributed by atoms with Crippen molar-refractivity contribution in [3.05, 3.63) is 47.6 Å². The summed E-state index contributed by atoms with van der Waals surface area (Å²) >= 11 is 0. The third kappa shape index (κ3) is 4.63. The highest BCUT2D eigenvalue weighted by molar-refractivity contribution is 5.99. The number of hydrogen-bond donors (Lipinski definition) is 1. The van der Waals surface area contributed by atoms with E-state index in [0.717, 1.165) is 69.4 Å². The van der Waals surface area contributed by atoms with Crippen molar-refractivity contribution in [3.8, 4) is 0 Å². The number of hydrogen-bond acceptors (Lipinski definition) is 2. The number of rotatable bonds is 5. The third-order valence-electron chi connectivity index (χ3n) is 9.42. The van der Waals surface area contributed by atoms with Crippen LogP contribution in [0.2, 0.25) is 0 Å². The SMILES string of the molecule is C=C1C(=O)CCC/C1=C/C=C1\CCC[C@@]2(C)C1CC[C@@H]2C1(C/C=C/C(O)(C(F)(F)F)C(F)(F)F)CC1. The van der Waals surface area contributed by atoms with E-state index in [1.807, 2.05) is 6.08 Å². The minimum atomic E-state index is -5.84. The zero-order chi connectivity index (χ0) is 26.6. The molecule has 0 spiro atoms. The lowest BCUT2D eigenvalue weighted by atomic mass is 9.59. The van der Waals surface area contributed by atoms with Crippen LogP contribution in [0.1, 0.15) is 77.6 Å². The number of carbonyl (C=O) groups is 1. The second-order valence-electron chi connectivity index (χ2n) is 11.5. The zero-order valence-corrected chi connectivity index (χ0v) is 20.6. The number of Topliss-reactive ketones (excluding diaryl/α,β-unsaturated/α-hetero) is 1. The predicted octanol–water partition coefficient (Wildman–Crippen LogP) is 7.95. The molecule has 4 aliphatic carbocycles. The maximum atomic E-state index is 13.1. The second kappa shape index (κ2) is 9.17. The molecule has 0 aliphatic heterocycles. The van der Waals surface area contributed by atoms with E-state index in [4.69, 9.17) is 0 Å². The van der Waals surface area contributed by atoms with E-state index in [2.05, 4.69) is 19.6 Å². The minimum Gasteiger partial charge on any atom is -0.370 e. The molecule has 1 N–H and O–H groups in total. The lowest BCUT2D eigenvalue weighted by Crippen LogP contribution is -2.55. The summed E-state index contributed by atoms with van der Waals surface area (Å²) in [6.45, 7) is 6.16. The molecule has 0 aromatic carbocycles. The largest absolute Gasteiger partial charge is 0.429 e. The first-order chi connectivity index (χ1) is 16.6. The molecule has 4 fully saturated rings. The van der Waals surface area contributed by atoms with Crippen molar-refractivity contribution in [1.29, 1.82) is 0 Å². The number of allylic oxidation sites excluding steroid dienone is 6. The van der Waals surface area contributed by atoms with E-state index in [-0.39, 0.29) is 35.0 Å². The molecule has 200 valence electrons. The molecule has 0 radical (unpaired) electrons. The number of fused-ring (bicyclic) bond motifs is 1. The van der Waals surface area contributed by atoms with Crippen molar-refractivity contribution in [1.82, 2.24) is 0 Å². The first-order valence-corrected chi connectivity index (χ1v) is 12.8. The minimum absolute atomic E-state index is 0.0727. The maximum absolute atomic E-state index is 13.1. The molecular weight excluding hydrogens is 482 g/mol. The van der Waals surface area contributed by atoms with Gasteiger partial charge in [-0.25, -0.2) is 0 Å². The topological polar surface area (TPSA) is 37.3 Å². The Kier molecular flexibility index (Phi) is 6.93. The van der Waals surface area contributed by atoms with Crippen LogP contribution in [0.4, 0.5) is 26.3 Å². The molecule has 0 aromatic rings. The summed E-state index contributed by atoms with van der Waals surface area (Å²) in [6.07, 6.45) is 1.85. The molecule has 2 nitrogen and oxygen atoms in total. The standard InChI is InChI=1S/C28H34F6O2/c1-18-19(6-3-8-22(18)35)9-10-20-7-4-13-24(2)21(20)11-12-23(24)25(16-17-25)14-5-15-26(36,27(29,30)31)28(32,33)34/h5,9-10,15,21,23,36H,1,3-4,6-8,11-14,16-17H2,2H3/b15-5+,19-9-,20-10+/t21?,23-,24-/m0/s1. The fraction of sp³-hybridized carbons (Fsp3) is 0.679. The first-order valence-electron chi connectivity index (χ1n) is 12.8. The van der Waals surface area contributed by atoms with Crippen LogP contribution in [-0.4, -0.2) is 28.8 Å². The molecular formula is C28H34F6O2. The molecule has 36 heavy (non-hydrogen) atoms. The van der Waals surface area contributed by atoms with Gasteiger partial charge in [-0.1, -0.05) is 37.3 Å². The van der Waals surface area contributed by atoms with E-state index < -0.39 is 18.0 Å². The van der Waals surface area contributed by atoms with Gasteiger partial charge >= 0.3 is 12.4 Å². The maximum Gasteiger partial charge on any atom is 0.429 e. The van der Waals surface area contributed by atoms with Gasteiger partial charge in [0.05, 0.1) is 0 Å². The Hall–Kier alpha value is -1.83. The van der Waals surface area contributed by atoms with Crippen molar-refractivity contribution in [3.63, 3.8) is 0 Å². The predicted molar refractivity (Wildman–Crippen MR) is 125 cm³/mol. The number of carbonyl (C=O) groups excluding carboxylic acids is 1. The number of halogens is 6. The molecule has 0 amide bonds. The van der Waals surface area contributed by atoms with Gasteiger partial charge in [-0.3, -0.25) is 4.79 Å². The van der Waals surface area contributed by atoms with E-state index >= 15 is 0 Å². The molecule has 1 unspecified atom stereocenters. The average Bonchev–Trinajstić information content (AvgIpc) is 3.46. The van der Waals surface area contributed by atoms with Crippen LogP contribution >= 0.6 is 0 Å². The number of alkyl halides is 6. The Bertz CT molecular complexity index is 980. The number of aliphatic hydroxyl groups is 1. The van der Waals surface area contributed by atoms with Crippen LogP contribution in [0.3, 0.4) is 0 Å². The highest BCUT2D eigenvalue weighted by atomic mass is 19.4. The fourth-order valence-electron chi connectivity index (χ4n) is 7.23. The quantitative estimate of drug-likeness (QED) is 0.229. The molecule has 0 bridgehead atoms. The summed E-state index contributed by atoms with van der Waals surface area (Å²) in [5.74, 6) is 0.600. The molecule has 0 saturated heterocycles. The van der Waals surface area contributed by atoms with Crippen molar-refractivity contribution in [2.24, 2.45) is 22.7 Å². The van der Waals surface area contributed by atoms with E-state index in [1.165, 1.54) is 5.57 Å². The summed E-state index contributed by atoms with van der Waals surface area (Å²) in [5.41, 5.74) is -2.34. The highest BCUT2D eigenvalue weighted by Crippen LogP contribution is 2.69. The molecule has 4 aliphatic rings. The van der Waals surface area contributed by atoms with Gasteiger partial charge in [0.15, 0.2) is 5.78 Å². The van der Waals surface area contributed by atoms with Crippen molar-refractivity contribution >= 4 is 5.78 Å². The highest BCUT2D eigenvalue weighted by Gasteiger charge is 2.69. The molecule has 0 heterocycles. The summed E-state index contributed by atoms with van der Waals surface area (Å²) < 4.78 is 78.4. The Morgan fingerprint density at radius 3 is 2.25 bits per heavy atom. The summed E-state index contributed by atoms with van der Waals surface area (Å²) in [7, 11) is 0. The molecule has 4 rings (SSSR count). The van der Waals surface area contributed by atoms with Gasteiger partial charge in [-0.15, -0.1) is 0 Å². The van der Waals surface area contributed by atoms with Crippen LogP contribution in [0.15, 0.2) is 47.6 Å². The van der Waals surface area contributed by atoms with E-state index in [1.54, 1.807) is 0 Å². The van der Waals surface area contributed by atoms with Gasteiger partial charge in [0.1, 0.15) is 0 Å². The van der Waals surface area contributed by atoms with Crippen LogP contribution in [0.5, 0.6) is 0 Å². The van der Waals surface area contributed by atoms with Crippen LogP contribution in [-0.2, 0) is 4.79 Å². The van der Waals surface area contributed by atoms with Gasteiger partial charge in [0, 0.05) is 12.0 Å². The lowest BCUT2D eigenvalue weighted by Gasteiger charge is -2.45. The first kappa shape index (κ1) is 27.2. The Balaban J connectivity index is 1.52. The van der Waals surface area contributed by atoms with Gasteiger partial charge in [0.2, 0.25) is 0 Å². The van der Waals surface area contributed by atoms with Crippen molar-refractivity contribution in [2.45, 2.75) is 95.5 Å². The Morgan fingerprint density at radius 1 is 0.972 bits per heavy atom. The molecule has 3 atom stereocenters. The molecule has 4 saturated carbocycles. The average molecular weight is 517 g/mol. The van der Waals surface area contributed by atoms with Gasteiger partial charge in [-0.05, 0) is 98.5 Å². The Morgan fingerprint density at radius 2 is 1.64 bits per heavy atom. The van der Waals surface area contributed by atoms with Gasteiger partial charge in [-0.2, -0.15) is 26.3 Å². The molecule has 8 heteroatoms. The van der Waals surface area contributed by atoms with E-state index in [0.29, 0.717) is 17.9 Å². The monoisotopic (exact) mass is 516 g/mol. The Labute approximate surface area is 208 Å². The van der Waals surface area contributed by atoms with Crippen LogP contribution < -0.4 is 0 Å². The van der Waals surface area contributed by atoms with Crippen molar-refractivity contribution < 1.29 is 36.2 Å². The van der Waals surface area contributed by atoms with Crippen LogP contribution in [0, 0.1) is 22.7 Å². The van der Waals surface area contributed by atoms with E-state index in [9.17, 15) is 36.2 Å². The van der Waals surface area contributed by atoms with Crippen molar-refractivity contribution in [2.75, 3.05) is 0 Å². The zero-order valence-electron chi connectivity index (χ0n) is 20.6. The third-order valence-corrected chi connectivity index (χ3v) is 9.42. The summed E-state index contributed by atoms with van der Waals surface area (Å²) in [4.78, 5) is 12.0. The second-order valence-corrected chi connectivity index (χ2v) is 11.5. The summed E-state index contributed by atoms with van der Waals surface area (Å²) in [6, 6.07) is 0. The molecule has 0 aromatic heterocycles. The normalized spacial score (nSPS) is 33.6. The lowest BCUT2D eigenvalue weighted by molar-refractivity contribution is -0.347. The smallest absolute Gasteiger partial charge is 0.370 e. The van der Waals surface area contributed by atoms with Gasteiger partial charge < -0.3 is 5.11 Å². The summed E-state index contributed by atoms with van der Waals surface area (Å²) in [5, 5.41) is 9.46.